The van der Waals surface area contributed by atoms with E-state index in [2.05, 4.69) is 10.3 Å². The zero-order chi connectivity index (χ0) is 22.4. The van der Waals surface area contributed by atoms with Gasteiger partial charge in [-0.25, -0.2) is 18.0 Å². The molecule has 1 atom stereocenters. The first-order chi connectivity index (χ1) is 15.4. The fourth-order valence-electron chi connectivity index (χ4n) is 4.25. The number of nitrogens with zero attached hydrogens (tertiary/aromatic N) is 1. The maximum absolute atomic E-state index is 14.1. The first-order valence-corrected chi connectivity index (χ1v) is 10.4. The number of carbonyl (C=O) groups excluding carboxylic acids is 1. The van der Waals surface area contributed by atoms with Crippen molar-refractivity contribution in [3.05, 3.63) is 100.0 Å². The molecule has 1 aliphatic rings. The summed E-state index contributed by atoms with van der Waals surface area (Å²) < 4.78 is 41.3. The van der Waals surface area contributed by atoms with Crippen LogP contribution in [-0.4, -0.2) is 22.5 Å². The number of H-pyrrole nitrogens is 1. The first kappa shape index (κ1) is 20.5. The summed E-state index contributed by atoms with van der Waals surface area (Å²) in [5, 5.41) is 4.02. The molecule has 0 saturated carbocycles. The number of urea groups is 1. The van der Waals surface area contributed by atoms with Crippen LogP contribution >= 0.6 is 11.6 Å². The average Bonchev–Trinajstić information content (AvgIpc) is 3.14. The van der Waals surface area contributed by atoms with Gasteiger partial charge in [-0.1, -0.05) is 23.7 Å². The summed E-state index contributed by atoms with van der Waals surface area (Å²) in [5.74, 6) is -1.80. The maximum Gasteiger partial charge on any atom is 0.322 e. The second kappa shape index (κ2) is 7.91. The molecule has 0 bridgehead atoms. The number of carbonyl (C=O) groups is 1. The SMILES string of the molecule is O=C(Nc1cc(F)ccc1F)N1CCc2c([nH]c3ccc(Cl)cc23)C1c1ccc(F)cc1. The lowest BCUT2D eigenvalue weighted by Crippen LogP contribution is -2.43. The van der Waals surface area contributed by atoms with Crippen LogP contribution in [-0.2, 0) is 6.42 Å². The zero-order valence-corrected chi connectivity index (χ0v) is 17.4. The van der Waals surface area contributed by atoms with Gasteiger partial charge < -0.3 is 15.2 Å². The topological polar surface area (TPSA) is 48.1 Å². The lowest BCUT2D eigenvalue weighted by Gasteiger charge is -2.36. The lowest BCUT2D eigenvalue weighted by molar-refractivity contribution is 0.193. The molecule has 1 aliphatic heterocycles. The molecular formula is C24H17ClF3N3O. The van der Waals surface area contributed by atoms with Gasteiger partial charge in [0, 0.05) is 34.2 Å². The van der Waals surface area contributed by atoms with Crippen LogP contribution in [0.1, 0.15) is 22.9 Å². The van der Waals surface area contributed by atoms with Crippen molar-refractivity contribution >= 4 is 34.2 Å². The van der Waals surface area contributed by atoms with Crippen LogP contribution in [0.4, 0.5) is 23.7 Å². The van der Waals surface area contributed by atoms with Crippen molar-refractivity contribution in [2.75, 3.05) is 11.9 Å². The third kappa shape index (κ3) is 3.58. The van der Waals surface area contributed by atoms with Crippen LogP contribution in [0.3, 0.4) is 0 Å². The quantitative estimate of drug-likeness (QED) is 0.360. The van der Waals surface area contributed by atoms with E-state index >= 15 is 0 Å². The van der Waals surface area contributed by atoms with Crippen LogP contribution in [0, 0.1) is 17.5 Å². The fourth-order valence-corrected chi connectivity index (χ4v) is 4.42. The number of fused-ring (bicyclic) bond motifs is 3. The Labute approximate surface area is 186 Å². The third-order valence-electron chi connectivity index (χ3n) is 5.71. The molecular weight excluding hydrogens is 439 g/mol. The molecule has 0 radical (unpaired) electrons. The number of rotatable bonds is 2. The van der Waals surface area contributed by atoms with Crippen molar-refractivity contribution in [1.29, 1.82) is 0 Å². The minimum Gasteiger partial charge on any atom is -0.356 e. The molecule has 0 spiro atoms. The summed E-state index contributed by atoms with van der Waals surface area (Å²) in [6.45, 7) is 0.317. The first-order valence-electron chi connectivity index (χ1n) is 9.99. The standard InChI is InChI=1S/C24H17ClF3N3O/c25-14-3-8-20-18(11-14)17-9-10-31(24(32)30-21-12-16(27)6-7-19(21)28)23(22(17)29-20)13-1-4-15(26)5-2-13/h1-8,11-12,23,29H,9-10H2,(H,30,32). The Morgan fingerprint density at radius 3 is 2.53 bits per heavy atom. The van der Waals surface area contributed by atoms with Gasteiger partial charge in [-0.15, -0.1) is 0 Å². The van der Waals surface area contributed by atoms with Crippen molar-refractivity contribution in [2.24, 2.45) is 0 Å². The van der Waals surface area contributed by atoms with E-state index in [4.69, 9.17) is 11.6 Å². The van der Waals surface area contributed by atoms with Gasteiger partial charge in [-0.2, -0.15) is 0 Å². The Morgan fingerprint density at radius 2 is 1.75 bits per heavy atom. The number of amides is 2. The molecule has 0 saturated heterocycles. The molecule has 5 rings (SSSR count). The molecule has 1 aromatic heterocycles. The van der Waals surface area contributed by atoms with E-state index in [1.54, 1.807) is 18.2 Å². The highest BCUT2D eigenvalue weighted by Crippen LogP contribution is 2.39. The number of aromatic amines is 1. The number of aromatic nitrogens is 1. The van der Waals surface area contributed by atoms with Gasteiger partial charge in [0.2, 0.25) is 0 Å². The van der Waals surface area contributed by atoms with Crippen LogP contribution in [0.15, 0.2) is 60.7 Å². The minimum absolute atomic E-state index is 0.248. The van der Waals surface area contributed by atoms with Crippen LogP contribution < -0.4 is 5.32 Å². The molecule has 162 valence electrons. The number of nitrogens with one attached hydrogen (secondary N) is 2. The fraction of sp³-hybridized carbons (Fsp3) is 0.125. The van der Waals surface area contributed by atoms with Gasteiger partial charge in [-0.3, -0.25) is 0 Å². The van der Waals surface area contributed by atoms with Crippen molar-refractivity contribution in [3.8, 4) is 0 Å². The van der Waals surface area contributed by atoms with Gasteiger partial charge in [0.15, 0.2) is 0 Å². The molecule has 4 aromatic rings. The van der Waals surface area contributed by atoms with Crippen LogP contribution in [0.2, 0.25) is 5.02 Å². The maximum atomic E-state index is 14.1. The average molecular weight is 456 g/mol. The molecule has 32 heavy (non-hydrogen) atoms. The summed E-state index contributed by atoms with van der Waals surface area (Å²) in [6, 6.07) is 13.1. The molecule has 2 amide bonds. The number of hydrogen-bond donors (Lipinski definition) is 2. The summed E-state index contributed by atoms with van der Waals surface area (Å²) in [4.78, 5) is 18.1. The molecule has 1 unspecified atom stereocenters. The molecule has 8 heteroatoms. The number of anilines is 1. The minimum atomic E-state index is -0.740. The highest BCUT2D eigenvalue weighted by atomic mass is 35.5. The summed E-state index contributed by atoms with van der Waals surface area (Å²) in [7, 11) is 0. The van der Waals surface area contributed by atoms with Gasteiger partial charge in [0.05, 0.1) is 11.7 Å². The number of benzene rings is 3. The predicted octanol–water partition coefficient (Wildman–Crippen LogP) is 6.42. The van der Waals surface area contributed by atoms with E-state index in [9.17, 15) is 18.0 Å². The van der Waals surface area contributed by atoms with E-state index in [-0.39, 0.29) is 5.69 Å². The van der Waals surface area contributed by atoms with Gasteiger partial charge in [0.25, 0.3) is 0 Å². The van der Waals surface area contributed by atoms with Crippen molar-refractivity contribution in [2.45, 2.75) is 12.5 Å². The normalized spacial score (nSPS) is 15.6. The predicted molar refractivity (Wildman–Crippen MR) is 117 cm³/mol. The van der Waals surface area contributed by atoms with Gasteiger partial charge in [-0.05, 0) is 60.0 Å². The van der Waals surface area contributed by atoms with E-state index in [0.29, 0.717) is 23.6 Å². The molecule has 2 heterocycles. The second-order valence-electron chi connectivity index (χ2n) is 7.66. The van der Waals surface area contributed by atoms with E-state index < -0.39 is 29.5 Å². The number of hydrogen-bond acceptors (Lipinski definition) is 1. The Bertz CT molecular complexity index is 1340. The lowest BCUT2D eigenvalue weighted by atomic mass is 9.92. The zero-order valence-electron chi connectivity index (χ0n) is 16.6. The third-order valence-corrected chi connectivity index (χ3v) is 5.94. The van der Waals surface area contributed by atoms with Crippen molar-refractivity contribution in [1.82, 2.24) is 9.88 Å². The molecule has 3 aromatic carbocycles. The smallest absolute Gasteiger partial charge is 0.322 e. The monoisotopic (exact) mass is 455 g/mol. The second-order valence-corrected chi connectivity index (χ2v) is 8.10. The van der Waals surface area contributed by atoms with E-state index in [0.717, 1.165) is 40.4 Å². The van der Waals surface area contributed by atoms with E-state index in [1.165, 1.54) is 17.0 Å². The van der Waals surface area contributed by atoms with Crippen molar-refractivity contribution in [3.63, 3.8) is 0 Å². The van der Waals surface area contributed by atoms with Crippen LogP contribution in [0.5, 0.6) is 0 Å². The summed E-state index contributed by atoms with van der Waals surface area (Å²) in [6.07, 6.45) is 0.534. The number of halogens is 4. The highest BCUT2D eigenvalue weighted by Gasteiger charge is 2.35. The summed E-state index contributed by atoms with van der Waals surface area (Å²) in [5.41, 5.74) is 3.08. The van der Waals surface area contributed by atoms with Crippen molar-refractivity contribution < 1.29 is 18.0 Å². The Hall–Kier alpha value is -3.45. The molecule has 0 fully saturated rings. The Balaban J connectivity index is 1.59. The largest absolute Gasteiger partial charge is 0.356 e. The van der Waals surface area contributed by atoms with E-state index in [1.807, 2.05) is 12.1 Å². The molecule has 4 nitrogen and oxygen atoms in total. The molecule has 2 N–H and O–H groups in total. The van der Waals surface area contributed by atoms with Gasteiger partial charge in [0.1, 0.15) is 17.5 Å². The summed E-state index contributed by atoms with van der Waals surface area (Å²) >= 11 is 6.19. The molecule has 0 aliphatic carbocycles. The highest BCUT2D eigenvalue weighted by molar-refractivity contribution is 6.31. The van der Waals surface area contributed by atoms with Gasteiger partial charge >= 0.3 is 6.03 Å². The van der Waals surface area contributed by atoms with Crippen LogP contribution in [0.25, 0.3) is 10.9 Å². The Kier molecular flexibility index (Phi) is 5.06. The Morgan fingerprint density at radius 1 is 1.00 bits per heavy atom.